The van der Waals surface area contributed by atoms with Crippen LogP contribution >= 0.6 is 0 Å². The van der Waals surface area contributed by atoms with Crippen molar-refractivity contribution in [3.8, 4) is 0 Å². The highest BCUT2D eigenvalue weighted by Crippen LogP contribution is 2.31. The molecule has 3 heterocycles. The minimum atomic E-state index is -4.84. The zero-order valence-corrected chi connectivity index (χ0v) is 30.7. The summed E-state index contributed by atoms with van der Waals surface area (Å²) in [6.07, 6.45) is 11.3. The molecule has 3 rings (SSSR count). The van der Waals surface area contributed by atoms with Crippen LogP contribution in [0.15, 0.2) is 0 Å². The zero-order chi connectivity index (χ0) is 35.3. The van der Waals surface area contributed by atoms with E-state index in [1.807, 2.05) is 0 Å². The van der Waals surface area contributed by atoms with E-state index in [0.29, 0.717) is 24.6 Å². The second-order valence-electron chi connectivity index (χ2n) is 14.2. The fourth-order valence-electron chi connectivity index (χ4n) is 6.20. The number of ether oxygens (including phenoxy) is 1. The zero-order valence-electron chi connectivity index (χ0n) is 29.9. The van der Waals surface area contributed by atoms with E-state index in [-0.39, 0.29) is 25.5 Å². The summed E-state index contributed by atoms with van der Waals surface area (Å²) >= 11 is 0. The second-order valence-corrected chi connectivity index (χ2v) is 15.2. The normalized spacial score (nSPS) is 20.1. The average Bonchev–Trinajstić information content (AvgIpc) is 3.20. The molecule has 2 atom stereocenters. The summed E-state index contributed by atoms with van der Waals surface area (Å²) in [5, 5.41) is 0.573. The summed E-state index contributed by atoms with van der Waals surface area (Å²) in [7, 11) is -4.84. The van der Waals surface area contributed by atoms with E-state index in [1.165, 1.54) is 91.8 Å². The first-order valence-electron chi connectivity index (χ1n) is 17.6. The van der Waals surface area contributed by atoms with Crippen LogP contribution < -0.4 is 5.48 Å². The summed E-state index contributed by atoms with van der Waals surface area (Å²) in [5.74, 6) is -0.501. The molecule has 15 heteroatoms. The molecule has 0 aliphatic carbocycles. The van der Waals surface area contributed by atoms with Gasteiger partial charge in [0.15, 0.2) is 0 Å². The van der Waals surface area contributed by atoms with E-state index in [4.69, 9.17) is 14.1 Å². The molecule has 2 N–H and O–H groups in total. The van der Waals surface area contributed by atoms with Gasteiger partial charge in [0, 0.05) is 25.6 Å². The van der Waals surface area contributed by atoms with E-state index in [1.54, 1.807) is 20.8 Å². The highest BCUT2D eigenvalue weighted by atomic mass is 32.3. The van der Waals surface area contributed by atoms with Crippen LogP contribution in [-0.2, 0) is 29.1 Å². The Bertz CT molecular complexity index is 1060. The summed E-state index contributed by atoms with van der Waals surface area (Å²) in [5.41, 5.74) is 1.74. The first kappa shape index (κ1) is 41.0. The largest absolute Gasteiger partial charge is 0.444 e. The molecule has 2 bridgehead atoms. The number of fused-ring (bicyclic) bond motifs is 2. The van der Waals surface area contributed by atoms with Gasteiger partial charge >= 0.3 is 22.5 Å². The number of carbonyl (C=O) groups is 3. The van der Waals surface area contributed by atoms with Crippen molar-refractivity contribution in [3.05, 3.63) is 0 Å². The number of nitrogens with one attached hydrogen (secondary N) is 1. The second kappa shape index (κ2) is 19.1. The molecule has 3 aliphatic rings. The fraction of sp³-hybridized carbons (Fsp3) is 0.906. The van der Waals surface area contributed by atoms with Crippen LogP contribution in [0.4, 0.5) is 9.59 Å². The number of urea groups is 1. The Hall–Kier alpha value is -2.20. The van der Waals surface area contributed by atoms with Gasteiger partial charge in [-0.05, 0) is 59.3 Å². The lowest BCUT2D eigenvalue weighted by molar-refractivity contribution is -0.929. The molecule has 3 fully saturated rings. The van der Waals surface area contributed by atoms with Gasteiger partial charge in [0.25, 0.3) is 5.91 Å². The van der Waals surface area contributed by atoms with Gasteiger partial charge < -0.3 is 19.0 Å². The van der Waals surface area contributed by atoms with Gasteiger partial charge in [0.05, 0.1) is 38.8 Å². The Balaban J connectivity index is 0.000000387. The first-order chi connectivity index (χ1) is 22.1. The van der Waals surface area contributed by atoms with Gasteiger partial charge in [0.2, 0.25) is 0 Å². The maximum absolute atomic E-state index is 12.4. The predicted molar refractivity (Wildman–Crippen MR) is 178 cm³/mol. The number of piperidine rings is 1. The molecule has 0 aromatic heterocycles. The van der Waals surface area contributed by atoms with Gasteiger partial charge in [-0.2, -0.15) is 13.5 Å². The van der Waals surface area contributed by atoms with Gasteiger partial charge in [-0.15, -0.1) is 4.28 Å². The molecule has 0 radical (unpaired) electrons. The smallest absolute Gasteiger partial charge is 0.418 e. The average molecular weight is 693 g/mol. The summed E-state index contributed by atoms with van der Waals surface area (Å²) in [4.78, 5) is 44.5. The number of unbranched alkanes of at least 4 members (excludes halogenated alkanes) is 4. The number of nitrogens with zero attached hydrogens (tertiary/aromatic N) is 4. The number of likely N-dealkylation sites (tertiary alicyclic amines) is 1. The maximum Gasteiger partial charge on any atom is 0.418 e. The molecule has 14 nitrogen and oxygen atoms in total. The van der Waals surface area contributed by atoms with Gasteiger partial charge in [-0.25, -0.2) is 15.1 Å². The molecule has 274 valence electrons. The van der Waals surface area contributed by atoms with E-state index in [0.717, 1.165) is 0 Å². The van der Waals surface area contributed by atoms with Crippen molar-refractivity contribution in [2.45, 2.75) is 130 Å². The number of quaternary nitrogens is 1. The number of hydrogen-bond acceptors (Lipinski definition) is 8. The SMILES string of the molecule is CC(C)(C)OC(=O)N1CC(CONC(=O)[C@@H]2CC[C@@H]3CN2C(=O)N3OS(=O)(=O)O)C1.CCCC[N+](CCCC)(CCCC)CCCC. The third-order valence-electron chi connectivity index (χ3n) is 8.84. The van der Waals surface area contributed by atoms with E-state index in [2.05, 4.69) is 37.5 Å². The first-order valence-corrected chi connectivity index (χ1v) is 19.0. The molecule has 3 saturated heterocycles. The highest BCUT2D eigenvalue weighted by molar-refractivity contribution is 7.80. The third kappa shape index (κ3) is 13.7. The van der Waals surface area contributed by atoms with Crippen LogP contribution in [0, 0.1) is 5.92 Å². The molecule has 4 amide bonds. The van der Waals surface area contributed by atoms with E-state index < -0.39 is 46.1 Å². The van der Waals surface area contributed by atoms with Crippen LogP contribution in [0.2, 0.25) is 0 Å². The highest BCUT2D eigenvalue weighted by Gasteiger charge is 2.49. The van der Waals surface area contributed by atoms with Gasteiger partial charge in [-0.1, -0.05) is 53.4 Å². The number of hydroxylamine groups is 3. The van der Waals surface area contributed by atoms with Crippen LogP contribution in [0.1, 0.15) is 113 Å². The summed E-state index contributed by atoms with van der Waals surface area (Å²) in [6.45, 7) is 21.6. The van der Waals surface area contributed by atoms with Crippen molar-refractivity contribution in [3.63, 3.8) is 0 Å². The number of amides is 4. The Morgan fingerprint density at radius 3 is 1.85 bits per heavy atom. The van der Waals surface area contributed by atoms with Gasteiger partial charge in [-0.3, -0.25) is 14.2 Å². The Morgan fingerprint density at radius 2 is 1.40 bits per heavy atom. The van der Waals surface area contributed by atoms with Crippen LogP contribution in [0.3, 0.4) is 0 Å². The van der Waals surface area contributed by atoms with E-state index >= 15 is 0 Å². The minimum Gasteiger partial charge on any atom is -0.444 e. The third-order valence-corrected chi connectivity index (χ3v) is 9.19. The van der Waals surface area contributed by atoms with E-state index in [9.17, 15) is 22.8 Å². The van der Waals surface area contributed by atoms with Crippen molar-refractivity contribution in [2.24, 2.45) is 5.92 Å². The van der Waals surface area contributed by atoms with Crippen LogP contribution in [0.5, 0.6) is 0 Å². The Labute approximate surface area is 282 Å². The van der Waals surface area contributed by atoms with Crippen molar-refractivity contribution in [1.82, 2.24) is 20.3 Å². The lowest BCUT2D eigenvalue weighted by atomic mass is 10.0. The Morgan fingerprint density at radius 1 is 0.894 bits per heavy atom. The molecule has 3 aliphatic heterocycles. The predicted octanol–water partition coefficient (Wildman–Crippen LogP) is 4.91. The molecular formula is C32H62N5O9S+. The molecule has 0 aromatic carbocycles. The summed E-state index contributed by atoms with van der Waals surface area (Å²) in [6, 6.07) is -2.23. The topological polar surface area (TPSA) is 155 Å². The fourth-order valence-corrected chi connectivity index (χ4v) is 6.59. The molecule has 0 unspecified atom stereocenters. The van der Waals surface area contributed by atoms with Crippen LogP contribution in [-0.4, -0.2) is 120 Å². The lowest BCUT2D eigenvalue weighted by Gasteiger charge is -2.39. The van der Waals surface area contributed by atoms with Crippen molar-refractivity contribution in [1.29, 1.82) is 0 Å². The van der Waals surface area contributed by atoms with Gasteiger partial charge in [0.1, 0.15) is 11.6 Å². The lowest BCUT2D eigenvalue weighted by Crippen LogP contribution is -2.54. The monoisotopic (exact) mass is 692 g/mol. The van der Waals surface area contributed by atoms with Crippen molar-refractivity contribution >= 4 is 28.4 Å². The van der Waals surface area contributed by atoms with Crippen molar-refractivity contribution < 1.29 is 45.7 Å². The molecular weight excluding hydrogens is 630 g/mol. The quantitative estimate of drug-likeness (QED) is 0.116. The molecule has 47 heavy (non-hydrogen) atoms. The Kier molecular flexibility index (Phi) is 16.7. The number of hydrogen-bond donors (Lipinski definition) is 2. The van der Waals surface area contributed by atoms with Crippen LogP contribution in [0.25, 0.3) is 0 Å². The standard InChI is InChI=1S/C16H26N4O9S.C16H36N/c1-16(2,3)28-15(23)18-6-10(7-18)9-27-17-13(21)12-5-4-11-8-19(12)14(22)20(11)29-30(24,25)26;1-5-9-13-17(14-10-6-2,15-11-7-3)16-12-8-4/h10-12H,4-9H2,1-3H3,(H,17,21)(H,24,25,26);5-16H2,1-4H3/q;+1/t11-,12+;/m1./s1. The molecule has 0 saturated carbocycles. The molecule has 0 aromatic rings. The molecule has 0 spiro atoms. The number of carbonyl (C=O) groups excluding carboxylic acids is 3. The number of rotatable bonds is 18. The maximum atomic E-state index is 12.4. The van der Waals surface area contributed by atoms with Crippen molar-refractivity contribution in [2.75, 3.05) is 52.4 Å². The summed E-state index contributed by atoms with van der Waals surface area (Å²) < 4.78 is 41.6. The minimum absolute atomic E-state index is 0.0422.